The summed E-state index contributed by atoms with van der Waals surface area (Å²) in [6.07, 6.45) is 2.00. The number of carbonyl (C=O) groups is 1. The average Bonchev–Trinajstić information content (AvgIpc) is 3.04. The van der Waals surface area contributed by atoms with Crippen molar-refractivity contribution in [1.82, 2.24) is 4.90 Å². The minimum Gasteiger partial charge on any atom is -0.490 e. The predicted octanol–water partition coefficient (Wildman–Crippen LogP) is 3.24. The van der Waals surface area contributed by atoms with Crippen LogP contribution in [0.5, 0.6) is 11.5 Å². The average molecular weight is 429 g/mol. The molecule has 0 unspecified atom stereocenters. The number of piperidine rings is 1. The molecule has 8 heteroatoms. The van der Waals surface area contributed by atoms with E-state index in [0.717, 1.165) is 6.42 Å². The van der Waals surface area contributed by atoms with Gasteiger partial charge in [-0.3, -0.25) is 4.79 Å². The van der Waals surface area contributed by atoms with E-state index in [2.05, 4.69) is 4.40 Å². The summed E-state index contributed by atoms with van der Waals surface area (Å²) < 4.78 is 39.8. The normalized spacial score (nSPS) is 17.9. The molecule has 0 N–H and O–H groups in total. The maximum atomic E-state index is 12.7. The summed E-state index contributed by atoms with van der Waals surface area (Å²) in [5.41, 5.74) is 0.625. The molecule has 1 saturated heterocycles. The second-order valence-corrected chi connectivity index (χ2v) is 8.94. The zero-order valence-electron chi connectivity index (χ0n) is 16.8. The number of benzene rings is 2. The van der Waals surface area contributed by atoms with Gasteiger partial charge in [0.05, 0.1) is 12.5 Å². The minimum atomic E-state index is -3.65. The standard InChI is InChI=1S/C22H24N2O5S/c1-2-15-28-18-8-4-5-9-19(18)29-22(25)16-11-13-24(14-12-16)21-17-7-3-6-10-20(17)30(26,27)23-21/h3-10,16H,2,11-15H2,1H3. The molecule has 2 heterocycles. The van der Waals surface area contributed by atoms with Gasteiger partial charge in [-0.1, -0.05) is 31.2 Å². The molecule has 2 aliphatic heterocycles. The van der Waals surface area contributed by atoms with E-state index >= 15 is 0 Å². The first-order valence-corrected chi connectivity index (χ1v) is 11.6. The first kappa shape index (κ1) is 20.4. The van der Waals surface area contributed by atoms with Crippen LogP contribution in [0.4, 0.5) is 0 Å². The van der Waals surface area contributed by atoms with E-state index < -0.39 is 10.0 Å². The molecule has 1 fully saturated rings. The fraction of sp³-hybridized carbons (Fsp3) is 0.364. The van der Waals surface area contributed by atoms with E-state index in [-0.39, 0.29) is 16.8 Å². The lowest BCUT2D eigenvalue weighted by molar-refractivity contribution is -0.140. The van der Waals surface area contributed by atoms with E-state index in [1.807, 2.05) is 17.9 Å². The molecule has 2 aromatic carbocycles. The van der Waals surface area contributed by atoms with E-state index in [9.17, 15) is 13.2 Å². The molecule has 0 atom stereocenters. The van der Waals surface area contributed by atoms with Crippen molar-refractivity contribution in [2.75, 3.05) is 19.7 Å². The number of rotatable bonds is 5. The van der Waals surface area contributed by atoms with Gasteiger partial charge in [0.25, 0.3) is 10.0 Å². The second kappa shape index (κ2) is 8.47. The Morgan fingerprint density at radius 2 is 1.73 bits per heavy atom. The summed E-state index contributed by atoms with van der Waals surface area (Å²) in [6.45, 7) is 3.65. The lowest BCUT2D eigenvalue weighted by Crippen LogP contribution is -2.41. The van der Waals surface area contributed by atoms with Crippen LogP contribution >= 0.6 is 0 Å². The third-order valence-corrected chi connectivity index (χ3v) is 6.59. The number of likely N-dealkylation sites (tertiary alicyclic amines) is 1. The quantitative estimate of drug-likeness (QED) is 0.537. The van der Waals surface area contributed by atoms with Crippen molar-refractivity contribution in [3.05, 3.63) is 54.1 Å². The van der Waals surface area contributed by atoms with E-state index in [4.69, 9.17) is 9.47 Å². The number of hydrogen-bond acceptors (Lipinski definition) is 6. The minimum absolute atomic E-state index is 0.241. The Morgan fingerprint density at radius 3 is 2.47 bits per heavy atom. The van der Waals surface area contributed by atoms with Crippen LogP contribution in [0.3, 0.4) is 0 Å². The van der Waals surface area contributed by atoms with Gasteiger partial charge >= 0.3 is 5.97 Å². The van der Waals surface area contributed by atoms with Crippen molar-refractivity contribution in [3.8, 4) is 11.5 Å². The number of esters is 1. The summed E-state index contributed by atoms with van der Waals surface area (Å²) in [6, 6.07) is 14.0. The Labute approximate surface area is 176 Å². The molecule has 158 valence electrons. The van der Waals surface area contributed by atoms with Crippen LogP contribution in [-0.4, -0.2) is 44.8 Å². The first-order valence-electron chi connectivity index (χ1n) is 10.1. The summed E-state index contributed by atoms with van der Waals surface area (Å²) >= 11 is 0. The largest absolute Gasteiger partial charge is 0.490 e. The molecule has 0 amide bonds. The topological polar surface area (TPSA) is 85.3 Å². The molecule has 0 aliphatic carbocycles. The summed E-state index contributed by atoms with van der Waals surface area (Å²) in [7, 11) is -3.65. The van der Waals surface area contributed by atoms with Crippen LogP contribution in [0.2, 0.25) is 0 Å². The van der Waals surface area contributed by atoms with Crippen LogP contribution in [0, 0.1) is 5.92 Å². The molecule has 0 radical (unpaired) electrons. The van der Waals surface area contributed by atoms with Gasteiger partial charge in [-0.05, 0) is 43.5 Å². The van der Waals surface area contributed by atoms with E-state index in [0.29, 0.717) is 55.4 Å². The molecular weight excluding hydrogens is 404 g/mol. The Hall–Kier alpha value is -2.87. The maximum Gasteiger partial charge on any atom is 0.314 e. The Bertz CT molecular complexity index is 1070. The lowest BCUT2D eigenvalue weighted by Gasteiger charge is -2.32. The van der Waals surface area contributed by atoms with Crippen molar-refractivity contribution in [2.45, 2.75) is 31.1 Å². The highest BCUT2D eigenvalue weighted by atomic mass is 32.2. The highest BCUT2D eigenvalue weighted by molar-refractivity contribution is 7.90. The van der Waals surface area contributed by atoms with Gasteiger partial charge < -0.3 is 14.4 Å². The number of carbonyl (C=O) groups excluding carboxylic acids is 1. The van der Waals surface area contributed by atoms with Crippen LogP contribution in [0.15, 0.2) is 57.8 Å². The second-order valence-electron chi connectivity index (χ2n) is 7.36. The highest BCUT2D eigenvalue weighted by Gasteiger charge is 2.35. The van der Waals surface area contributed by atoms with Crippen LogP contribution in [0.1, 0.15) is 31.7 Å². The van der Waals surface area contributed by atoms with Crippen molar-refractivity contribution in [2.24, 2.45) is 10.3 Å². The number of fused-ring (bicyclic) bond motifs is 1. The molecule has 0 bridgehead atoms. The van der Waals surface area contributed by atoms with Crippen molar-refractivity contribution >= 4 is 21.8 Å². The van der Waals surface area contributed by atoms with Gasteiger partial charge in [-0.25, -0.2) is 0 Å². The zero-order chi connectivity index (χ0) is 21.1. The summed E-state index contributed by atoms with van der Waals surface area (Å²) in [4.78, 5) is 14.9. The fourth-order valence-electron chi connectivity index (χ4n) is 3.70. The molecule has 0 aromatic heterocycles. The predicted molar refractivity (Wildman–Crippen MR) is 112 cm³/mol. The maximum absolute atomic E-state index is 12.7. The van der Waals surface area contributed by atoms with Gasteiger partial charge in [0.15, 0.2) is 17.3 Å². The van der Waals surface area contributed by atoms with Crippen molar-refractivity contribution < 1.29 is 22.7 Å². The number of hydrogen-bond donors (Lipinski definition) is 0. The molecule has 7 nitrogen and oxygen atoms in total. The van der Waals surface area contributed by atoms with E-state index in [1.165, 1.54) is 0 Å². The summed E-state index contributed by atoms with van der Waals surface area (Å²) in [5, 5.41) is 0. The van der Waals surface area contributed by atoms with Crippen LogP contribution in [0.25, 0.3) is 0 Å². The van der Waals surface area contributed by atoms with Gasteiger partial charge in [-0.2, -0.15) is 8.42 Å². The van der Waals surface area contributed by atoms with Gasteiger partial charge in [0, 0.05) is 18.7 Å². The Kier molecular flexibility index (Phi) is 5.76. The molecule has 0 spiro atoms. The van der Waals surface area contributed by atoms with Gasteiger partial charge in [0.2, 0.25) is 0 Å². The SMILES string of the molecule is CCCOc1ccccc1OC(=O)C1CCN(C2=NS(=O)(=O)c3ccccc32)CC1. The molecule has 30 heavy (non-hydrogen) atoms. The lowest BCUT2D eigenvalue weighted by atomic mass is 9.96. The molecular formula is C22H24N2O5S. The number of sulfonamides is 1. The van der Waals surface area contributed by atoms with Crippen molar-refractivity contribution in [3.63, 3.8) is 0 Å². The van der Waals surface area contributed by atoms with Gasteiger partial charge in [0.1, 0.15) is 4.90 Å². The third kappa shape index (κ3) is 4.05. The molecule has 2 aliphatic rings. The summed E-state index contributed by atoms with van der Waals surface area (Å²) in [5.74, 6) is 0.916. The number of nitrogens with zero attached hydrogens (tertiary/aromatic N) is 2. The Balaban J connectivity index is 1.41. The van der Waals surface area contributed by atoms with E-state index in [1.54, 1.807) is 42.5 Å². The zero-order valence-corrected chi connectivity index (χ0v) is 17.6. The van der Waals surface area contributed by atoms with Gasteiger partial charge in [-0.15, -0.1) is 4.40 Å². The number of ether oxygens (including phenoxy) is 2. The first-order chi connectivity index (χ1) is 14.5. The van der Waals surface area contributed by atoms with Crippen LogP contribution < -0.4 is 9.47 Å². The Morgan fingerprint density at radius 1 is 1.07 bits per heavy atom. The highest BCUT2D eigenvalue weighted by Crippen LogP contribution is 2.31. The molecule has 0 saturated carbocycles. The monoisotopic (exact) mass is 428 g/mol. The number of para-hydroxylation sites is 2. The number of amidine groups is 1. The molecule has 4 rings (SSSR count). The smallest absolute Gasteiger partial charge is 0.314 e. The van der Waals surface area contributed by atoms with Crippen molar-refractivity contribution in [1.29, 1.82) is 0 Å². The fourth-order valence-corrected chi connectivity index (χ4v) is 4.93. The van der Waals surface area contributed by atoms with Crippen LogP contribution in [-0.2, 0) is 14.8 Å². The third-order valence-electron chi connectivity index (χ3n) is 5.26. The molecule has 2 aromatic rings.